The molecule has 0 unspecified atom stereocenters. The Kier molecular flexibility index (Phi) is 4.12. The summed E-state index contributed by atoms with van der Waals surface area (Å²) < 4.78 is 0. The molecule has 1 rings (SSSR count). The molecule has 0 spiro atoms. The Balaban J connectivity index is 3.00. The Labute approximate surface area is 118 Å². The molecule has 0 aliphatic rings. The molecule has 0 atom stereocenters. The number of benzene rings is 1. The molecular weight excluding hydrogens is 258 g/mol. The van der Waals surface area contributed by atoms with Gasteiger partial charge in [-0.2, -0.15) is 0 Å². The zero-order chi connectivity index (χ0) is 15.7. The Morgan fingerprint density at radius 1 is 1.15 bits per heavy atom. The second-order valence-corrected chi connectivity index (χ2v) is 6.01. The lowest BCUT2D eigenvalue weighted by Crippen LogP contribution is -2.56. The minimum absolute atomic E-state index is 0.0351. The smallest absolute Gasteiger partial charge is 0.311 e. The molecule has 5 heteroatoms. The fourth-order valence-electron chi connectivity index (χ4n) is 1.53. The predicted octanol–water partition coefficient (Wildman–Crippen LogP) is 2.32. The van der Waals surface area contributed by atoms with Crippen molar-refractivity contribution in [2.45, 2.75) is 40.2 Å². The minimum Gasteiger partial charge on any atom is -0.508 e. The van der Waals surface area contributed by atoms with Crippen molar-refractivity contribution >= 4 is 11.9 Å². The van der Waals surface area contributed by atoms with Gasteiger partial charge in [0.25, 0.3) is 5.91 Å². The molecule has 0 aromatic heterocycles. The normalized spacial score (nSPS) is 12.1. The summed E-state index contributed by atoms with van der Waals surface area (Å²) in [5.41, 5.74) is -1.11. The maximum atomic E-state index is 12.2. The second-order valence-electron chi connectivity index (χ2n) is 6.01. The van der Waals surface area contributed by atoms with Gasteiger partial charge in [-0.25, -0.2) is 0 Å². The van der Waals surface area contributed by atoms with Crippen molar-refractivity contribution in [3.63, 3.8) is 0 Å². The molecule has 1 aromatic carbocycles. The number of amides is 1. The van der Waals surface area contributed by atoms with Crippen molar-refractivity contribution in [1.29, 1.82) is 0 Å². The van der Waals surface area contributed by atoms with Crippen LogP contribution in [0.5, 0.6) is 5.75 Å². The van der Waals surface area contributed by atoms with Gasteiger partial charge in [-0.05, 0) is 52.3 Å². The fourth-order valence-corrected chi connectivity index (χ4v) is 1.53. The predicted molar refractivity (Wildman–Crippen MR) is 75.8 cm³/mol. The van der Waals surface area contributed by atoms with Crippen LogP contribution in [0.3, 0.4) is 0 Å². The monoisotopic (exact) mass is 279 g/mol. The van der Waals surface area contributed by atoms with Gasteiger partial charge in [-0.15, -0.1) is 0 Å². The molecule has 20 heavy (non-hydrogen) atoms. The van der Waals surface area contributed by atoms with Crippen molar-refractivity contribution < 1.29 is 19.8 Å². The van der Waals surface area contributed by atoms with Gasteiger partial charge in [-0.1, -0.05) is 6.07 Å². The molecule has 0 fully saturated rings. The number of nitrogens with one attached hydrogen (secondary N) is 1. The first-order chi connectivity index (χ1) is 8.99. The van der Waals surface area contributed by atoms with Crippen LogP contribution in [-0.2, 0) is 4.79 Å². The highest BCUT2D eigenvalue weighted by Crippen LogP contribution is 2.31. The summed E-state index contributed by atoms with van der Waals surface area (Å²) in [6.07, 6.45) is 0. The molecule has 0 heterocycles. The van der Waals surface area contributed by atoms with Crippen molar-refractivity contribution in [2.75, 3.05) is 0 Å². The number of carbonyl (C=O) groups excluding carboxylic acids is 1. The van der Waals surface area contributed by atoms with E-state index in [1.54, 1.807) is 46.8 Å². The number of carboxylic acid groups (broad SMARTS) is 1. The van der Waals surface area contributed by atoms with Crippen LogP contribution in [0, 0.1) is 12.3 Å². The van der Waals surface area contributed by atoms with E-state index in [2.05, 4.69) is 5.32 Å². The first-order valence-corrected chi connectivity index (χ1v) is 6.34. The zero-order valence-electron chi connectivity index (χ0n) is 12.4. The lowest BCUT2D eigenvalue weighted by atomic mass is 9.74. The molecule has 1 aromatic rings. The third kappa shape index (κ3) is 2.92. The van der Waals surface area contributed by atoms with E-state index in [0.717, 1.165) is 0 Å². The molecule has 0 saturated carbocycles. The molecule has 0 saturated heterocycles. The largest absolute Gasteiger partial charge is 0.508 e. The average molecular weight is 279 g/mol. The fraction of sp³-hybridized carbons (Fsp3) is 0.467. The highest BCUT2D eigenvalue weighted by Gasteiger charge is 2.44. The number of aliphatic carboxylic acids is 1. The third-order valence-corrected chi connectivity index (χ3v) is 3.99. The van der Waals surface area contributed by atoms with Crippen LogP contribution >= 0.6 is 0 Å². The van der Waals surface area contributed by atoms with Crippen molar-refractivity contribution in [2.24, 2.45) is 5.41 Å². The third-order valence-electron chi connectivity index (χ3n) is 3.99. The lowest BCUT2D eigenvalue weighted by Gasteiger charge is -2.38. The number of aryl methyl sites for hydroxylation is 1. The number of rotatable bonds is 4. The van der Waals surface area contributed by atoms with Gasteiger partial charge in [0.1, 0.15) is 5.75 Å². The number of hydrogen-bond donors (Lipinski definition) is 3. The average Bonchev–Trinajstić information content (AvgIpc) is 2.31. The van der Waals surface area contributed by atoms with Crippen LogP contribution in [0.15, 0.2) is 18.2 Å². The zero-order valence-corrected chi connectivity index (χ0v) is 12.4. The number of aromatic hydroxyl groups is 1. The second kappa shape index (κ2) is 5.15. The van der Waals surface area contributed by atoms with Crippen molar-refractivity contribution in [3.8, 4) is 5.75 Å². The van der Waals surface area contributed by atoms with Gasteiger partial charge in [0, 0.05) is 5.56 Å². The highest BCUT2D eigenvalue weighted by atomic mass is 16.4. The van der Waals surface area contributed by atoms with E-state index in [-0.39, 0.29) is 5.75 Å². The van der Waals surface area contributed by atoms with E-state index < -0.39 is 22.8 Å². The van der Waals surface area contributed by atoms with Crippen LogP contribution in [0.2, 0.25) is 0 Å². The van der Waals surface area contributed by atoms with Gasteiger partial charge in [0.2, 0.25) is 0 Å². The Hall–Kier alpha value is -2.04. The summed E-state index contributed by atoms with van der Waals surface area (Å²) in [4.78, 5) is 23.5. The summed E-state index contributed by atoms with van der Waals surface area (Å²) in [6.45, 7) is 8.17. The highest BCUT2D eigenvalue weighted by molar-refractivity contribution is 5.95. The first-order valence-electron chi connectivity index (χ1n) is 6.34. The summed E-state index contributed by atoms with van der Waals surface area (Å²) in [5.74, 6) is -1.37. The van der Waals surface area contributed by atoms with Crippen LogP contribution in [-0.4, -0.2) is 27.6 Å². The number of hydrogen-bond acceptors (Lipinski definition) is 3. The Morgan fingerprint density at radius 3 is 2.15 bits per heavy atom. The topological polar surface area (TPSA) is 86.6 Å². The number of carboxylic acids is 1. The number of phenols is 1. The van der Waals surface area contributed by atoms with Crippen molar-refractivity contribution in [1.82, 2.24) is 5.32 Å². The van der Waals surface area contributed by atoms with Crippen LogP contribution in [0.1, 0.15) is 43.6 Å². The minimum atomic E-state index is -1.13. The summed E-state index contributed by atoms with van der Waals surface area (Å²) in [7, 11) is 0. The van der Waals surface area contributed by atoms with E-state index >= 15 is 0 Å². The Morgan fingerprint density at radius 2 is 1.70 bits per heavy atom. The quantitative estimate of drug-likeness (QED) is 0.789. The maximum absolute atomic E-state index is 12.2. The van der Waals surface area contributed by atoms with Crippen LogP contribution in [0.25, 0.3) is 0 Å². The molecular formula is C15H21NO4. The number of carbonyl (C=O) groups is 2. The summed E-state index contributed by atoms with van der Waals surface area (Å²) in [5, 5.41) is 21.6. The van der Waals surface area contributed by atoms with E-state index in [0.29, 0.717) is 11.1 Å². The molecule has 0 radical (unpaired) electrons. The standard InChI is InChI=1S/C15H21NO4/c1-9-6-7-10(8-11(9)17)12(18)16-15(4,5)14(2,3)13(19)20/h6-8,17H,1-5H3,(H,16,18)(H,19,20). The van der Waals surface area contributed by atoms with E-state index in [1.807, 2.05) is 0 Å². The SMILES string of the molecule is Cc1ccc(C(=O)NC(C)(C)C(C)(C)C(=O)O)cc1O. The van der Waals surface area contributed by atoms with Gasteiger partial charge in [0.15, 0.2) is 0 Å². The molecule has 0 aliphatic heterocycles. The molecule has 3 N–H and O–H groups in total. The van der Waals surface area contributed by atoms with E-state index in [9.17, 15) is 19.8 Å². The van der Waals surface area contributed by atoms with Crippen LogP contribution < -0.4 is 5.32 Å². The number of phenolic OH excluding ortho intramolecular Hbond substituents is 1. The summed E-state index contributed by atoms with van der Waals surface area (Å²) >= 11 is 0. The van der Waals surface area contributed by atoms with Gasteiger partial charge >= 0.3 is 5.97 Å². The van der Waals surface area contributed by atoms with Gasteiger partial charge in [-0.3, -0.25) is 9.59 Å². The first kappa shape index (κ1) is 16.0. The summed E-state index contributed by atoms with van der Waals surface area (Å²) in [6, 6.07) is 4.60. The van der Waals surface area contributed by atoms with Gasteiger partial charge < -0.3 is 15.5 Å². The molecule has 5 nitrogen and oxygen atoms in total. The molecule has 0 aliphatic carbocycles. The van der Waals surface area contributed by atoms with E-state index in [4.69, 9.17) is 0 Å². The lowest BCUT2D eigenvalue weighted by molar-refractivity contribution is -0.150. The molecule has 1 amide bonds. The maximum Gasteiger partial charge on any atom is 0.311 e. The Bertz CT molecular complexity index is 547. The van der Waals surface area contributed by atoms with Crippen LogP contribution in [0.4, 0.5) is 0 Å². The molecule has 110 valence electrons. The van der Waals surface area contributed by atoms with E-state index in [1.165, 1.54) is 6.07 Å². The van der Waals surface area contributed by atoms with Crippen molar-refractivity contribution in [3.05, 3.63) is 29.3 Å². The molecule has 0 bridgehead atoms. The van der Waals surface area contributed by atoms with Gasteiger partial charge in [0.05, 0.1) is 11.0 Å².